The Bertz CT molecular complexity index is 310. The van der Waals surface area contributed by atoms with Crippen LogP contribution in [-0.4, -0.2) is 32.3 Å². The molecule has 0 fully saturated rings. The van der Waals surface area contributed by atoms with Gasteiger partial charge in [-0.15, -0.1) is 0 Å². The van der Waals surface area contributed by atoms with Gasteiger partial charge in [0.05, 0.1) is 12.9 Å². The van der Waals surface area contributed by atoms with Crippen molar-refractivity contribution in [1.29, 1.82) is 0 Å². The Morgan fingerprint density at radius 1 is 1.50 bits per heavy atom. The molecule has 6 heteroatoms. The lowest BCUT2D eigenvalue weighted by Gasteiger charge is -2.11. The van der Waals surface area contributed by atoms with E-state index >= 15 is 0 Å². The summed E-state index contributed by atoms with van der Waals surface area (Å²) in [6.45, 7) is 1.07. The van der Waals surface area contributed by atoms with Crippen LogP contribution in [0.15, 0.2) is 11.6 Å². The van der Waals surface area contributed by atoms with Crippen LogP contribution in [0.3, 0.4) is 0 Å². The van der Waals surface area contributed by atoms with E-state index < -0.39 is 10.1 Å². The third kappa shape index (κ3) is 13.1. The Hall–Kier alpha value is -0.880. The molecular formula is C10H18O5S. The molecule has 0 aromatic heterocycles. The van der Waals surface area contributed by atoms with Gasteiger partial charge in [0.15, 0.2) is 0 Å². The van der Waals surface area contributed by atoms with E-state index in [9.17, 15) is 13.2 Å². The lowest BCUT2D eigenvalue weighted by molar-refractivity contribution is -0.128. The summed E-state index contributed by atoms with van der Waals surface area (Å²) in [7, 11) is -3.67. The van der Waals surface area contributed by atoms with E-state index in [1.165, 1.54) is 31.3 Å². The topological polar surface area (TPSA) is 80.7 Å². The zero-order valence-corrected chi connectivity index (χ0v) is 10.2. The number of allylic oxidation sites excluding steroid dienone is 1. The summed E-state index contributed by atoms with van der Waals surface area (Å²) < 4.78 is 30.5. The second-order valence-corrected chi connectivity index (χ2v) is 5.02. The van der Waals surface area contributed by atoms with Gasteiger partial charge in [-0.2, -0.15) is 8.42 Å². The predicted octanol–water partition coefficient (Wildman–Crippen LogP) is 1.55. The van der Waals surface area contributed by atoms with Crippen LogP contribution in [-0.2, 0) is 19.6 Å². The standard InChI is InChI=1S/C9H14O2.CH4O3S/c10-8-11-7-6-9-4-2-1-3-5-9;1-5(2,3)4/h4,8H,1-3,5-7H2;1H3,(H,2,3,4). The van der Waals surface area contributed by atoms with E-state index in [0.717, 1.165) is 6.42 Å². The van der Waals surface area contributed by atoms with Crippen LogP contribution < -0.4 is 0 Å². The molecule has 1 aliphatic rings. The molecule has 0 saturated heterocycles. The monoisotopic (exact) mass is 250 g/mol. The lowest BCUT2D eigenvalue weighted by Crippen LogP contribution is -1.97. The maximum Gasteiger partial charge on any atom is 0.293 e. The van der Waals surface area contributed by atoms with Gasteiger partial charge in [0.2, 0.25) is 0 Å². The van der Waals surface area contributed by atoms with Gasteiger partial charge in [-0.25, -0.2) is 0 Å². The maximum atomic E-state index is 9.80. The van der Waals surface area contributed by atoms with Crippen molar-refractivity contribution >= 4 is 16.6 Å². The molecule has 0 bridgehead atoms. The number of carbonyl (C=O) groups excluding carboxylic acids is 1. The van der Waals surface area contributed by atoms with Crippen molar-refractivity contribution in [3.05, 3.63) is 11.6 Å². The second-order valence-electron chi connectivity index (χ2n) is 3.56. The highest BCUT2D eigenvalue weighted by Crippen LogP contribution is 2.19. The first-order chi connectivity index (χ1) is 7.43. The van der Waals surface area contributed by atoms with E-state index in [4.69, 9.17) is 4.55 Å². The maximum absolute atomic E-state index is 9.80. The molecule has 1 N–H and O–H groups in total. The highest BCUT2D eigenvalue weighted by atomic mass is 32.2. The highest BCUT2D eigenvalue weighted by molar-refractivity contribution is 7.85. The Labute approximate surface area is 96.2 Å². The number of ether oxygens (including phenoxy) is 1. The minimum atomic E-state index is -3.67. The quantitative estimate of drug-likeness (QED) is 0.354. The summed E-state index contributed by atoms with van der Waals surface area (Å²) in [5.74, 6) is 0. The van der Waals surface area contributed by atoms with E-state index in [2.05, 4.69) is 10.8 Å². The molecular weight excluding hydrogens is 232 g/mol. The molecule has 1 rings (SSSR count). The SMILES string of the molecule is CS(=O)(=O)O.O=COCCC1=CCCCC1. The molecule has 0 heterocycles. The molecule has 0 saturated carbocycles. The van der Waals surface area contributed by atoms with Gasteiger partial charge in [0.1, 0.15) is 0 Å². The summed E-state index contributed by atoms with van der Waals surface area (Å²) in [5.41, 5.74) is 1.46. The third-order valence-electron chi connectivity index (χ3n) is 1.99. The molecule has 0 aliphatic heterocycles. The summed E-state index contributed by atoms with van der Waals surface area (Å²) in [4.78, 5) is 9.80. The van der Waals surface area contributed by atoms with Crippen LogP contribution in [0.25, 0.3) is 0 Å². The molecule has 5 nitrogen and oxygen atoms in total. The van der Waals surface area contributed by atoms with Gasteiger partial charge in [-0.3, -0.25) is 9.35 Å². The molecule has 0 radical (unpaired) electrons. The summed E-state index contributed by atoms with van der Waals surface area (Å²) in [6, 6.07) is 0. The fourth-order valence-electron chi connectivity index (χ4n) is 1.37. The van der Waals surface area contributed by atoms with Crippen molar-refractivity contribution in [3.63, 3.8) is 0 Å². The smallest absolute Gasteiger partial charge is 0.293 e. The Kier molecular flexibility index (Phi) is 7.84. The molecule has 0 atom stereocenters. The Morgan fingerprint density at radius 3 is 2.56 bits per heavy atom. The predicted molar refractivity (Wildman–Crippen MR) is 60.7 cm³/mol. The van der Waals surface area contributed by atoms with E-state index in [1.807, 2.05) is 0 Å². The lowest BCUT2D eigenvalue weighted by atomic mass is 9.98. The van der Waals surface area contributed by atoms with Crippen LogP contribution in [0.5, 0.6) is 0 Å². The molecule has 0 aromatic rings. The molecule has 0 aromatic carbocycles. The minimum absolute atomic E-state index is 0.517. The van der Waals surface area contributed by atoms with E-state index in [0.29, 0.717) is 19.3 Å². The molecule has 0 spiro atoms. The Morgan fingerprint density at radius 2 is 2.12 bits per heavy atom. The van der Waals surface area contributed by atoms with E-state index in [-0.39, 0.29) is 0 Å². The molecule has 94 valence electrons. The van der Waals surface area contributed by atoms with Crippen molar-refractivity contribution in [3.8, 4) is 0 Å². The number of hydrogen-bond donors (Lipinski definition) is 1. The van der Waals surface area contributed by atoms with Crippen molar-refractivity contribution < 1.29 is 22.5 Å². The Balaban J connectivity index is 0.000000385. The van der Waals surface area contributed by atoms with Gasteiger partial charge in [-0.1, -0.05) is 11.6 Å². The first-order valence-corrected chi connectivity index (χ1v) is 6.94. The number of rotatable bonds is 4. The van der Waals surface area contributed by atoms with Crippen LogP contribution in [0, 0.1) is 0 Å². The van der Waals surface area contributed by atoms with Crippen molar-refractivity contribution in [2.75, 3.05) is 12.9 Å². The van der Waals surface area contributed by atoms with Crippen molar-refractivity contribution in [2.24, 2.45) is 0 Å². The minimum Gasteiger partial charge on any atom is -0.468 e. The summed E-state index contributed by atoms with van der Waals surface area (Å²) in [6.07, 6.45) is 8.94. The van der Waals surface area contributed by atoms with Gasteiger partial charge >= 0.3 is 0 Å². The second kappa shape index (κ2) is 8.29. The summed E-state index contributed by atoms with van der Waals surface area (Å²) in [5, 5.41) is 0. The molecule has 16 heavy (non-hydrogen) atoms. The average Bonchev–Trinajstić information content (AvgIpc) is 2.17. The highest BCUT2D eigenvalue weighted by Gasteiger charge is 2.02. The van der Waals surface area contributed by atoms with Crippen molar-refractivity contribution in [1.82, 2.24) is 0 Å². The van der Waals surface area contributed by atoms with E-state index in [1.54, 1.807) is 0 Å². The van der Waals surface area contributed by atoms with Crippen LogP contribution in [0.4, 0.5) is 0 Å². The normalized spacial score (nSPS) is 15.5. The third-order valence-corrected chi connectivity index (χ3v) is 1.99. The van der Waals surface area contributed by atoms with Gasteiger partial charge in [-0.05, 0) is 25.7 Å². The molecule has 1 aliphatic carbocycles. The zero-order valence-electron chi connectivity index (χ0n) is 9.39. The van der Waals surface area contributed by atoms with Crippen LogP contribution in [0.2, 0.25) is 0 Å². The zero-order chi connectivity index (χ0) is 12.4. The summed E-state index contributed by atoms with van der Waals surface area (Å²) >= 11 is 0. The van der Waals surface area contributed by atoms with Crippen LogP contribution in [0.1, 0.15) is 32.1 Å². The van der Waals surface area contributed by atoms with Gasteiger partial charge in [0.25, 0.3) is 16.6 Å². The first kappa shape index (κ1) is 15.1. The average molecular weight is 250 g/mol. The fraction of sp³-hybridized carbons (Fsp3) is 0.700. The van der Waals surface area contributed by atoms with Gasteiger partial charge in [0, 0.05) is 6.42 Å². The number of hydrogen-bond acceptors (Lipinski definition) is 4. The number of carbonyl (C=O) groups is 1. The largest absolute Gasteiger partial charge is 0.468 e. The fourth-order valence-corrected chi connectivity index (χ4v) is 1.37. The first-order valence-electron chi connectivity index (χ1n) is 5.09. The van der Waals surface area contributed by atoms with Crippen LogP contribution >= 0.6 is 0 Å². The van der Waals surface area contributed by atoms with Crippen molar-refractivity contribution in [2.45, 2.75) is 32.1 Å². The molecule has 0 unspecified atom stereocenters. The molecule has 0 amide bonds. The van der Waals surface area contributed by atoms with Gasteiger partial charge < -0.3 is 4.74 Å².